The Labute approximate surface area is 109 Å². The van der Waals surface area contributed by atoms with Gasteiger partial charge in [0.25, 0.3) is 0 Å². The monoisotopic (exact) mass is 259 g/mol. The van der Waals surface area contributed by atoms with Crippen LogP contribution in [0.4, 0.5) is 17.5 Å². The van der Waals surface area contributed by atoms with E-state index < -0.39 is 0 Å². The topological polar surface area (TPSA) is 88.2 Å². The Kier molecular flexibility index (Phi) is 3.01. The lowest BCUT2D eigenvalue weighted by Gasteiger charge is -2.18. The van der Waals surface area contributed by atoms with Gasteiger partial charge in [0.1, 0.15) is 12.3 Å². The van der Waals surface area contributed by atoms with E-state index >= 15 is 0 Å². The van der Waals surface area contributed by atoms with Gasteiger partial charge in [0.2, 0.25) is 11.9 Å². The van der Waals surface area contributed by atoms with Crippen molar-refractivity contribution in [3.05, 3.63) is 30.2 Å². The summed E-state index contributed by atoms with van der Waals surface area (Å²) in [6.07, 6.45) is 7.09. The molecule has 19 heavy (non-hydrogen) atoms. The lowest BCUT2D eigenvalue weighted by molar-refractivity contribution is -0.114. The number of carbonyl (C=O) groups excluding carboxylic acids is 1. The normalized spacial score (nSPS) is 16.6. The Bertz CT molecular complexity index is 567. The maximum absolute atomic E-state index is 11.2. The highest BCUT2D eigenvalue weighted by atomic mass is 16.5. The second kappa shape index (κ2) is 4.97. The fourth-order valence-electron chi connectivity index (χ4n) is 1.79. The second-order valence-corrected chi connectivity index (χ2v) is 4.18. The fourth-order valence-corrected chi connectivity index (χ4v) is 1.79. The van der Waals surface area contributed by atoms with Gasteiger partial charge in [0, 0.05) is 6.54 Å². The Morgan fingerprint density at radius 3 is 3.26 bits per heavy atom. The molecule has 0 spiro atoms. The van der Waals surface area contributed by atoms with Gasteiger partial charge in [-0.15, -0.1) is 0 Å². The first-order valence-electron chi connectivity index (χ1n) is 5.92. The third-order valence-corrected chi connectivity index (χ3v) is 2.73. The van der Waals surface area contributed by atoms with Crippen molar-refractivity contribution in [3.63, 3.8) is 0 Å². The average molecular weight is 259 g/mol. The Morgan fingerprint density at radius 1 is 1.47 bits per heavy atom. The number of nitrogens with zero attached hydrogens (tertiary/aromatic N) is 2. The predicted octanol–water partition coefficient (Wildman–Crippen LogP) is 0.723. The van der Waals surface area contributed by atoms with Gasteiger partial charge in [0.05, 0.1) is 19.0 Å². The van der Waals surface area contributed by atoms with Gasteiger partial charge in [-0.05, 0) is 11.6 Å². The number of amides is 1. The molecule has 0 atom stereocenters. The van der Waals surface area contributed by atoms with E-state index in [9.17, 15) is 4.79 Å². The molecule has 7 nitrogen and oxygen atoms in total. The van der Waals surface area contributed by atoms with Crippen LogP contribution < -0.4 is 16.0 Å². The molecule has 0 aliphatic carbocycles. The van der Waals surface area contributed by atoms with Crippen LogP contribution in [0.3, 0.4) is 0 Å². The molecule has 1 amide bonds. The highest BCUT2D eigenvalue weighted by Crippen LogP contribution is 2.22. The van der Waals surface area contributed by atoms with Crippen LogP contribution in [0.5, 0.6) is 0 Å². The van der Waals surface area contributed by atoms with Gasteiger partial charge in [0.15, 0.2) is 5.82 Å². The van der Waals surface area contributed by atoms with Gasteiger partial charge < -0.3 is 20.7 Å². The van der Waals surface area contributed by atoms with E-state index in [2.05, 4.69) is 25.9 Å². The molecule has 1 aromatic heterocycles. The standard InChI is InChI=1S/C12H13N5O2/c18-10-6-13-11-9(16-10)5-15-12(17-11)14-4-8-2-1-3-19-7-8/h1-3,5H,4,6-7H2,(H,16,18)(H2,13,14,15,17). The van der Waals surface area contributed by atoms with Crippen LogP contribution in [0, 0.1) is 0 Å². The number of carbonyl (C=O) groups is 1. The summed E-state index contributed by atoms with van der Waals surface area (Å²) in [5, 5.41) is 8.75. The molecule has 0 fully saturated rings. The zero-order valence-corrected chi connectivity index (χ0v) is 10.1. The van der Waals surface area contributed by atoms with Crippen molar-refractivity contribution < 1.29 is 9.53 Å². The Balaban J connectivity index is 1.67. The third kappa shape index (κ3) is 2.65. The zero-order valence-electron chi connectivity index (χ0n) is 10.1. The summed E-state index contributed by atoms with van der Waals surface area (Å²) in [4.78, 5) is 19.6. The first-order chi connectivity index (χ1) is 9.31. The van der Waals surface area contributed by atoms with Gasteiger partial charge in [-0.3, -0.25) is 4.79 Å². The molecule has 3 rings (SSSR count). The van der Waals surface area contributed by atoms with Crippen LogP contribution in [-0.2, 0) is 9.53 Å². The van der Waals surface area contributed by atoms with Crippen molar-refractivity contribution in [3.8, 4) is 0 Å². The van der Waals surface area contributed by atoms with Crippen molar-refractivity contribution in [2.45, 2.75) is 0 Å². The van der Waals surface area contributed by atoms with Crippen molar-refractivity contribution >= 4 is 23.4 Å². The molecular formula is C12H13N5O2. The molecule has 7 heteroatoms. The molecule has 1 aromatic rings. The predicted molar refractivity (Wildman–Crippen MR) is 70.8 cm³/mol. The number of aromatic nitrogens is 2. The third-order valence-electron chi connectivity index (χ3n) is 2.73. The van der Waals surface area contributed by atoms with Crippen molar-refractivity contribution in [2.24, 2.45) is 0 Å². The Hall–Kier alpha value is -2.57. The maximum Gasteiger partial charge on any atom is 0.243 e. The number of hydrogen-bond acceptors (Lipinski definition) is 6. The molecule has 0 saturated carbocycles. The van der Waals surface area contributed by atoms with Crippen LogP contribution in [0.15, 0.2) is 30.2 Å². The van der Waals surface area contributed by atoms with Crippen LogP contribution in [0.2, 0.25) is 0 Å². The minimum absolute atomic E-state index is 0.0897. The molecule has 3 heterocycles. The van der Waals surface area contributed by atoms with Crippen molar-refractivity contribution in [2.75, 3.05) is 35.6 Å². The minimum Gasteiger partial charge on any atom is -0.497 e. The first kappa shape index (κ1) is 11.5. The number of fused-ring (bicyclic) bond motifs is 1. The molecule has 98 valence electrons. The van der Waals surface area contributed by atoms with E-state index in [1.54, 1.807) is 12.5 Å². The molecule has 0 bridgehead atoms. The van der Waals surface area contributed by atoms with Crippen LogP contribution in [0.25, 0.3) is 0 Å². The van der Waals surface area contributed by atoms with Crippen LogP contribution in [-0.4, -0.2) is 35.6 Å². The SMILES string of the molecule is O=C1CNc2nc(NCC3=CC=COC3)ncc2N1. The minimum atomic E-state index is -0.0897. The fraction of sp³-hybridized carbons (Fsp3) is 0.250. The van der Waals surface area contributed by atoms with Gasteiger partial charge in [-0.1, -0.05) is 6.08 Å². The van der Waals surface area contributed by atoms with Crippen molar-refractivity contribution in [1.29, 1.82) is 0 Å². The number of ether oxygens (including phenoxy) is 1. The summed E-state index contributed by atoms with van der Waals surface area (Å²) in [7, 11) is 0. The summed E-state index contributed by atoms with van der Waals surface area (Å²) in [5.74, 6) is 1.05. The van der Waals surface area contributed by atoms with Crippen LogP contribution in [0.1, 0.15) is 0 Å². The summed E-state index contributed by atoms with van der Waals surface area (Å²) in [6.45, 7) is 1.42. The summed E-state index contributed by atoms with van der Waals surface area (Å²) >= 11 is 0. The summed E-state index contributed by atoms with van der Waals surface area (Å²) in [5.41, 5.74) is 1.72. The molecule has 0 radical (unpaired) electrons. The molecule has 2 aliphatic rings. The van der Waals surface area contributed by atoms with Gasteiger partial charge >= 0.3 is 0 Å². The van der Waals surface area contributed by atoms with Gasteiger partial charge in [-0.2, -0.15) is 4.98 Å². The van der Waals surface area contributed by atoms with E-state index in [1.165, 1.54) is 0 Å². The highest BCUT2D eigenvalue weighted by Gasteiger charge is 2.16. The smallest absolute Gasteiger partial charge is 0.243 e. The lowest BCUT2D eigenvalue weighted by atomic mass is 10.2. The van der Waals surface area contributed by atoms with E-state index in [0.717, 1.165) is 5.57 Å². The van der Waals surface area contributed by atoms with Crippen LogP contribution >= 0.6 is 0 Å². The lowest BCUT2D eigenvalue weighted by Crippen LogP contribution is -2.28. The molecular weight excluding hydrogens is 246 g/mol. The molecule has 3 N–H and O–H groups in total. The van der Waals surface area contributed by atoms with E-state index in [4.69, 9.17) is 4.74 Å². The summed E-state index contributed by atoms with van der Waals surface area (Å²) in [6, 6.07) is 0. The zero-order chi connectivity index (χ0) is 13.1. The van der Waals surface area contributed by atoms with E-state index in [0.29, 0.717) is 30.6 Å². The van der Waals surface area contributed by atoms with E-state index in [1.807, 2.05) is 12.2 Å². The quantitative estimate of drug-likeness (QED) is 0.741. The number of rotatable bonds is 3. The molecule has 2 aliphatic heterocycles. The molecule has 0 unspecified atom stereocenters. The number of anilines is 3. The maximum atomic E-state index is 11.2. The molecule has 0 aromatic carbocycles. The molecule has 0 saturated heterocycles. The van der Waals surface area contributed by atoms with Gasteiger partial charge in [-0.25, -0.2) is 4.98 Å². The summed E-state index contributed by atoms with van der Waals surface area (Å²) < 4.78 is 5.18. The number of hydrogen-bond donors (Lipinski definition) is 3. The first-order valence-corrected chi connectivity index (χ1v) is 5.92. The highest BCUT2D eigenvalue weighted by molar-refractivity contribution is 5.99. The van der Waals surface area contributed by atoms with E-state index in [-0.39, 0.29) is 12.5 Å². The van der Waals surface area contributed by atoms with Crippen molar-refractivity contribution in [1.82, 2.24) is 9.97 Å². The number of nitrogens with one attached hydrogen (secondary N) is 3. The average Bonchev–Trinajstić information content (AvgIpc) is 2.46. The number of allylic oxidation sites excluding steroid dienone is 2. The second-order valence-electron chi connectivity index (χ2n) is 4.18. The Morgan fingerprint density at radius 2 is 2.42 bits per heavy atom. The largest absolute Gasteiger partial charge is 0.497 e.